The van der Waals surface area contributed by atoms with Crippen molar-refractivity contribution < 1.29 is 74.8 Å². The zero-order valence-corrected chi connectivity index (χ0v) is 22.0. The number of aromatic hydroxyl groups is 3. The van der Waals surface area contributed by atoms with Crippen LogP contribution < -0.4 is 10.2 Å². The fraction of sp³-hybridized carbons (Fsp3) is 0.444. The predicted molar refractivity (Wildman–Crippen MR) is 140 cm³/mol. The summed E-state index contributed by atoms with van der Waals surface area (Å²) in [5.41, 5.74) is -1.56. The van der Waals surface area contributed by atoms with Crippen LogP contribution in [0.1, 0.15) is 11.7 Å². The van der Waals surface area contributed by atoms with Gasteiger partial charge in [0.2, 0.25) is 6.29 Å². The first-order chi connectivity index (χ1) is 20.4. The summed E-state index contributed by atoms with van der Waals surface area (Å²) in [6.45, 7) is -1.63. The maximum Gasteiger partial charge on any atom is 0.229 e. The van der Waals surface area contributed by atoms with Crippen molar-refractivity contribution >= 4 is 11.0 Å². The number of aliphatic hydroxyl groups is 8. The SMILES string of the molecule is O=c1cc(-c2ccc(O)c(O)c2)oc2cc(O[C@@H]3O[C@H](CO)[C@H](O)[C@H](O)[C@H]3O)c([C@@H]3O[C@H](CO)[C@@H](O)[C@H](O)[C@H]3O)c(O)c12. The van der Waals surface area contributed by atoms with Gasteiger partial charge in [-0.1, -0.05) is 0 Å². The van der Waals surface area contributed by atoms with E-state index in [-0.39, 0.29) is 16.9 Å². The van der Waals surface area contributed by atoms with Gasteiger partial charge in [0.15, 0.2) is 16.9 Å². The van der Waals surface area contributed by atoms with Crippen LogP contribution in [0.3, 0.4) is 0 Å². The molecule has 0 radical (unpaired) electrons. The Morgan fingerprint density at radius 3 is 1.98 bits per heavy atom. The van der Waals surface area contributed by atoms with Crippen LogP contribution in [-0.4, -0.2) is 125 Å². The third kappa shape index (κ3) is 5.38. The number of aliphatic hydroxyl groups excluding tert-OH is 8. The number of phenolic OH excluding ortho intramolecular Hbond substituents is 3. The van der Waals surface area contributed by atoms with Gasteiger partial charge in [0, 0.05) is 17.7 Å². The van der Waals surface area contributed by atoms with Crippen molar-refractivity contribution in [1.82, 2.24) is 0 Å². The monoisotopic (exact) mass is 610 g/mol. The van der Waals surface area contributed by atoms with Gasteiger partial charge in [0.25, 0.3) is 0 Å². The Morgan fingerprint density at radius 1 is 0.721 bits per heavy atom. The molecule has 0 spiro atoms. The molecular formula is C27H30O16. The summed E-state index contributed by atoms with van der Waals surface area (Å²) < 4.78 is 22.5. The average Bonchev–Trinajstić information content (AvgIpc) is 2.98. The highest BCUT2D eigenvalue weighted by Crippen LogP contribution is 2.46. The number of hydrogen-bond donors (Lipinski definition) is 11. The maximum absolute atomic E-state index is 13.3. The number of rotatable bonds is 6. The summed E-state index contributed by atoms with van der Waals surface area (Å²) >= 11 is 0. The molecule has 5 rings (SSSR count). The van der Waals surface area contributed by atoms with Gasteiger partial charge in [-0.25, -0.2) is 0 Å². The third-order valence-corrected chi connectivity index (χ3v) is 7.52. The van der Waals surface area contributed by atoms with Crippen molar-refractivity contribution in [1.29, 1.82) is 0 Å². The summed E-state index contributed by atoms with van der Waals surface area (Å²) in [7, 11) is 0. The lowest BCUT2D eigenvalue weighted by atomic mass is 9.89. The zero-order valence-electron chi connectivity index (χ0n) is 22.0. The molecule has 0 unspecified atom stereocenters. The molecule has 2 fully saturated rings. The highest BCUT2D eigenvalue weighted by molar-refractivity contribution is 5.88. The van der Waals surface area contributed by atoms with Gasteiger partial charge in [-0.05, 0) is 18.2 Å². The fourth-order valence-electron chi connectivity index (χ4n) is 5.12. The Labute approximate surface area is 241 Å². The Kier molecular flexibility index (Phi) is 8.52. The van der Waals surface area contributed by atoms with Crippen molar-refractivity contribution in [3.05, 3.63) is 46.1 Å². The minimum atomic E-state index is -1.97. The quantitative estimate of drug-likeness (QED) is 0.126. The van der Waals surface area contributed by atoms with Crippen LogP contribution in [0.15, 0.2) is 39.5 Å². The Hall–Kier alpha value is -3.55. The molecule has 0 aliphatic carbocycles. The standard InChI is InChI=1S/C27H30O16/c28-6-15-19(33)22(36)24(38)26(41-15)18-14(42-27-25(39)23(37)20(34)16(7-29)43-27)5-13-17(21(18)35)11(32)4-12(40-13)8-1-2-9(30)10(31)3-8/h1-5,15-16,19-20,22-31,33-39H,6-7H2/t15-,16-,19-,20+,22+,23+,24-,25-,26+,27-/m1/s1. The Balaban J connectivity index is 1.69. The second kappa shape index (κ2) is 11.9. The average molecular weight is 611 g/mol. The molecule has 0 amide bonds. The van der Waals surface area contributed by atoms with E-state index in [1.165, 1.54) is 6.07 Å². The number of benzene rings is 2. The molecule has 2 aromatic carbocycles. The van der Waals surface area contributed by atoms with E-state index in [4.69, 9.17) is 18.6 Å². The fourth-order valence-corrected chi connectivity index (χ4v) is 5.12. The number of ether oxygens (including phenoxy) is 3. The van der Waals surface area contributed by atoms with Crippen LogP contribution in [0.4, 0.5) is 0 Å². The van der Waals surface area contributed by atoms with Gasteiger partial charge in [-0.2, -0.15) is 0 Å². The van der Waals surface area contributed by atoms with E-state index in [1.807, 2.05) is 0 Å². The summed E-state index contributed by atoms with van der Waals surface area (Å²) in [5, 5.41) is 112. The molecule has 2 aliphatic rings. The summed E-state index contributed by atoms with van der Waals surface area (Å²) in [6.07, 6.45) is -17.6. The molecular weight excluding hydrogens is 580 g/mol. The summed E-state index contributed by atoms with van der Waals surface area (Å²) in [5.74, 6) is -2.49. The molecule has 3 heterocycles. The van der Waals surface area contributed by atoms with Crippen LogP contribution in [-0.2, 0) is 9.47 Å². The van der Waals surface area contributed by atoms with Crippen LogP contribution in [0, 0.1) is 0 Å². The summed E-state index contributed by atoms with van der Waals surface area (Å²) in [4.78, 5) is 13.3. The molecule has 16 heteroatoms. The van der Waals surface area contributed by atoms with E-state index in [1.54, 1.807) is 0 Å². The molecule has 3 aromatic rings. The first kappa shape index (κ1) is 30.9. The molecule has 0 bridgehead atoms. The van der Waals surface area contributed by atoms with Crippen LogP contribution in [0.5, 0.6) is 23.0 Å². The van der Waals surface area contributed by atoms with Crippen molar-refractivity contribution in [3.8, 4) is 34.3 Å². The zero-order chi connectivity index (χ0) is 31.3. The van der Waals surface area contributed by atoms with E-state index in [0.29, 0.717) is 0 Å². The Morgan fingerprint density at radius 2 is 1.35 bits per heavy atom. The first-order valence-electron chi connectivity index (χ1n) is 13.0. The first-order valence-corrected chi connectivity index (χ1v) is 13.0. The third-order valence-electron chi connectivity index (χ3n) is 7.52. The highest BCUT2D eigenvalue weighted by Gasteiger charge is 2.48. The van der Waals surface area contributed by atoms with Gasteiger partial charge in [-0.15, -0.1) is 0 Å². The van der Waals surface area contributed by atoms with E-state index in [0.717, 1.165) is 24.3 Å². The summed E-state index contributed by atoms with van der Waals surface area (Å²) in [6, 6.07) is 5.56. The van der Waals surface area contributed by atoms with Crippen LogP contribution in [0.2, 0.25) is 0 Å². The van der Waals surface area contributed by atoms with Crippen LogP contribution in [0.25, 0.3) is 22.3 Å². The Bertz CT molecular complexity index is 1540. The van der Waals surface area contributed by atoms with Crippen molar-refractivity contribution in [3.63, 3.8) is 0 Å². The van der Waals surface area contributed by atoms with Gasteiger partial charge >= 0.3 is 0 Å². The van der Waals surface area contributed by atoms with Crippen LogP contribution >= 0.6 is 0 Å². The van der Waals surface area contributed by atoms with Gasteiger partial charge in [-0.3, -0.25) is 4.79 Å². The number of hydrogen-bond acceptors (Lipinski definition) is 16. The van der Waals surface area contributed by atoms with Gasteiger partial charge < -0.3 is 74.8 Å². The highest BCUT2D eigenvalue weighted by atomic mass is 16.7. The smallest absolute Gasteiger partial charge is 0.229 e. The maximum atomic E-state index is 13.3. The van der Waals surface area contributed by atoms with E-state index < -0.39 is 114 Å². The van der Waals surface area contributed by atoms with E-state index >= 15 is 0 Å². The second-order valence-electron chi connectivity index (χ2n) is 10.3. The molecule has 2 saturated heterocycles. The minimum absolute atomic E-state index is 0.133. The van der Waals surface area contributed by atoms with Gasteiger partial charge in [0.05, 0.1) is 18.8 Å². The molecule has 2 aliphatic heterocycles. The van der Waals surface area contributed by atoms with Crippen molar-refractivity contribution in [2.45, 2.75) is 61.2 Å². The lowest BCUT2D eigenvalue weighted by Crippen LogP contribution is -2.60. The molecule has 10 atom stereocenters. The van der Waals surface area contributed by atoms with E-state index in [9.17, 15) is 61.0 Å². The molecule has 43 heavy (non-hydrogen) atoms. The molecule has 0 saturated carbocycles. The van der Waals surface area contributed by atoms with E-state index in [2.05, 4.69) is 0 Å². The lowest BCUT2D eigenvalue weighted by molar-refractivity contribution is -0.278. The number of phenols is 3. The molecule has 1 aromatic heterocycles. The molecule has 16 nitrogen and oxygen atoms in total. The largest absolute Gasteiger partial charge is 0.506 e. The molecule has 234 valence electrons. The molecule has 11 N–H and O–H groups in total. The van der Waals surface area contributed by atoms with Crippen molar-refractivity contribution in [2.75, 3.05) is 13.2 Å². The number of fused-ring (bicyclic) bond motifs is 1. The van der Waals surface area contributed by atoms with Gasteiger partial charge in [0.1, 0.15) is 83.2 Å². The lowest BCUT2D eigenvalue weighted by Gasteiger charge is -2.42. The minimum Gasteiger partial charge on any atom is -0.506 e. The predicted octanol–water partition coefficient (Wildman–Crippen LogP) is -2.73. The van der Waals surface area contributed by atoms with Crippen molar-refractivity contribution in [2.24, 2.45) is 0 Å². The second-order valence-corrected chi connectivity index (χ2v) is 10.3. The topological polar surface area (TPSA) is 280 Å². The normalized spacial score (nSPS) is 33.0.